The van der Waals surface area contributed by atoms with Crippen LogP contribution < -0.4 is 10.1 Å². The molecule has 3 aromatic heterocycles. The molecule has 158 valence electrons. The Hall–Kier alpha value is -3.57. The average molecular weight is 510 g/mol. The van der Waals surface area contributed by atoms with Crippen LogP contribution in [0.2, 0.25) is 5.15 Å². The molecule has 0 unspecified atom stereocenters. The summed E-state index contributed by atoms with van der Waals surface area (Å²) in [5.74, 6) is 0.127. The molecule has 0 aliphatic heterocycles. The summed E-state index contributed by atoms with van der Waals surface area (Å²) in [6, 6.07) is 12.6. The first-order valence-electron chi connectivity index (χ1n) is 9.30. The van der Waals surface area contributed by atoms with Crippen molar-refractivity contribution in [2.24, 2.45) is 0 Å². The van der Waals surface area contributed by atoms with Crippen molar-refractivity contribution in [3.63, 3.8) is 0 Å². The summed E-state index contributed by atoms with van der Waals surface area (Å²) in [6.45, 7) is 1.84. The Kier molecular flexibility index (Phi) is 6.28. The van der Waals surface area contributed by atoms with Gasteiger partial charge in [-0.25, -0.2) is 0 Å². The van der Waals surface area contributed by atoms with Gasteiger partial charge >= 0.3 is 195 Å². The number of nitrogens with one attached hydrogen (secondary N) is 1. The summed E-state index contributed by atoms with van der Waals surface area (Å²) in [4.78, 5) is 21.4. The average Bonchev–Trinajstić information content (AvgIpc) is 3.27. The number of pyridine rings is 2. The number of hydrogen-bond acceptors (Lipinski definition) is 7. The van der Waals surface area contributed by atoms with Crippen LogP contribution in [0.15, 0.2) is 48.8 Å². The second-order valence-electron chi connectivity index (χ2n) is 6.63. The van der Waals surface area contributed by atoms with E-state index in [9.17, 15) is 4.79 Å². The van der Waals surface area contributed by atoms with Gasteiger partial charge in [0.1, 0.15) is 0 Å². The van der Waals surface area contributed by atoms with Crippen LogP contribution in [0.1, 0.15) is 21.6 Å². The summed E-state index contributed by atoms with van der Waals surface area (Å²) in [6.07, 6.45) is 3.02. The number of aryl methyl sites for hydroxylation is 1. The van der Waals surface area contributed by atoms with Gasteiger partial charge in [-0.1, -0.05) is 0 Å². The molecule has 4 rings (SSSR count). The number of nitriles is 1. The number of ether oxygens (including phenoxy) is 1. The van der Waals surface area contributed by atoms with Gasteiger partial charge in [0, 0.05) is 0 Å². The first-order chi connectivity index (χ1) is 15.5. The predicted octanol–water partition coefficient (Wildman–Crippen LogP) is 3.75. The zero-order valence-electron chi connectivity index (χ0n) is 17.0. The van der Waals surface area contributed by atoms with Crippen molar-refractivity contribution in [2.75, 3.05) is 12.4 Å². The topological polar surface area (TPSA) is 114 Å². The zero-order chi connectivity index (χ0) is 22.7. The first kappa shape index (κ1) is 21.7. The van der Waals surface area contributed by atoms with Gasteiger partial charge in [0.05, 0.1) is 0 Å². The van der Waals surface area contributed by atoms with E-state index in [1.165, 1.54) is 19.5 Å². The summed E-state index contributed by atoms with van der Waals surface area (Å²) in [7, 11) is 1.53. The van der Waals surface area contributed by atoms with Crippen LogP contribution in [0.3, 0.4) is 0 Å². The third-order valence-corrected chi connectivity index (χ3v) is 6.61. The van der Waals surface area contributed by atoms with Gasteiger partial charge in [-0.3, -0.25) is 0 Å². The van der Waals surface area contributed by atoms with Crippen molar-refractivity contribution in [1.29, 1.82) is 5.26 Å². The molecule has 0 fully saturated rings. The number of hydrogen-bond donors (Lipinski definition) is 1. The molecule has 0 saturated carbocycles. The van der Waals surface area contributed by atoms with Crippen molar-refractivity contribution < 1.29 is 9.53 Å². The molecule has 1 N–H and O–H groups in total. The number of carbonyl (C=O) groups is 1. The summed E-state index contributed by atoms with van der Waals surface area (Å²) in [5, 5.41) is 20.4. The van der Waals surface area contributed by atoms with E-state index < -0.39 is 0 Å². The Morgan fingerprint density at radius 3 is 2.62 bits per heavy atom. The van der Waals surface area contributed by atoms with E-state index in [-0.39, 0.29) is 25.6 Å². The van der Waals surface area contributed by atoms with Gasteiger partial charge in [-0.2, -0.15) is 0 Å². The van der Waals surface area contributed by atoms with E-state index in [4.69, 9.17) is 21.6 Å². The van der Waals surface area contributed by atoms with Crippen LogP contribution in [0.25, 0.3) is 21.3 Å². The van der Waals surface area contributed by atoms with E-state index in [2.05, 4.69) is 31.6 Å². The van der Waals surface area contributed by atoms with Crippen molar-refractivity contribution >= 4 is 36.7 Å². The fourth-order valence-corrected chi connectivity index (χ4v) is 4.72. The van der Waals surface area contributed by atoms with Gasteiger partial charge in [-0.15, -0.1) is 0 Å². The normalized spacial score (nSPS) is 10.4. The van der Waals surface area contributed by atoms with Crippen LogP contribution >= 0.6 is 11.6 Å². The number of rotatable bonds is 5. The summed E-state index contributed by atoms with van der Waals surface area (Å²) < 4.78 is 6.66. The first-order valence-corrected chi connectivity index (χ1v) is 11.4. The maximum atomic E-state index is 13.1. The molecular weight excluding hydrogens is 495 g/mol. The minimum absolute atomic E-state index is 0.283. The maximum absolute atomic E-state index is 13.1. The van der Waals surface area contributed by atoms with E-state index in [1.54, 1.807) is 24.3 Å². The molecule has 0 bridgehead atoms. The molecule has 1 aromatic carbocycles. The van der Waals surface area contributed by atoms with E-state index >= 15 is 0 Å². The zero-order valence-corrected chi connectivity index (χ0v) is 19.4. The van der Waals surface area contributed by atoms with Crippen LogP contribution in [0.4, 0.5) is 4.69 Å². The van der Waals surface area contributed by atoms with Crippen LogP contribution in [0.5, 0.6) is 5.75 Å². The van der Waals surface area contributed by atoms with Crippen molar-refractivity contribution in [3.05, 3.63) is 70.8 Å². The number of carbonyl (C=O) groups excluding carboxylic acids is 1. The number of benzene rings is 1. The molecule has 10 heteroatoms. The second-order valence-corrected chi connectivity index (χ2v) is 9.07. The Labute approximate surface area is 194 Å². The van der Waals surface area contributed by atoms with Crippen LogP contribution in [-0.2, 0) is 0 Å². The van der Waals surface area contributed by atoms with Gasteiger partial charge in [-0.05, 0) is 0 Å². The Bertz CT molecular complexity index is 1350. The molecule has 32 heavy (non-hydrogen) atoms. The van der Waals surface area contributed by atoms with Crippen LogP contribution in [0, 0.1) is 18.3 Å². The number of nitrogens with zero attached hydrogens (tertiary/aromatic N) is 5. The van der Waals surface area contributed by atoms with E-state index in [0.717, 1.165) is 15.8 Å². The Morgan fingerprint density at radius 1 is 1.12 bits per heavy atom. The standard InChI is InChI=1S/C22H15ClN6O2Se/c1-12-7-15(16-8-19(23)26-11-18(16)31-2)17(10-25-12)20(30)27-22-29-28-21(32-22)14-5-3-13(9-24)4-6-14/h3-8,10-11H,1-2H3,(H,27,29,30). The van der Waals surface area contributed by atoms with Crippen LogP contribution in [-0.4, -0.2) is 47.7 Å². The Morgan fingerprint density at radius 2 is 1.91 bits per heavy atom. The Balaban J connectivity index is 1.65. The molecule has 0 radical (unpaired) electrons. The second kappa shape index (κ2) is 9.28. The van der Waals surface area contributed by atoms with Gasteiger partial charge in [0.15, 0.2) is 0 Å². The third-order valence-electron chi connectivity index (χ3n) is 4.54. The molecule has 8 nitrogen and oxygen atoms in total. The molecule has 0 aliphatic carbocycles. The van der Waals surface area contributed by atoms with Gasteiger partial charge in [0.2, 0.25) is 0 Å². The number of aromatic nitrogens is 4. The van der Waals surface area contributed by atoms with E-state index in [0.29, 0.717) is 32.7 Å². The minimum atomic E-state index is -0.362. The number of methoxy groups -OCH3 is 1. The summed E-state index contributed by atoms with van der Waals surface area (Å²) in [5.41, 5.74) is 3.78. The summed E-state index contributed by atoms with van der Waals surface area (Å²) >= 11 is 5.80. The fourth-order valence-electron chi connectivity index (χ4n) is 3.00. The molecule has 0 aliphatic rings. The van der Waals surface area contributed by atoms with Gasteiger partial charge < -0.3 is 0 Å². The van der Waals surface area contributed by atoms with Crippen molar-refractivity contribution in [1.82, 2.24) is 20.2 Å². The number of anilines is 1. The quantitative estimate of drug-likeness (QED) is 0.322. The predicted molar refractivity (Wildman–Crippen MR) is 121 cm³/mol. The van der Waals surface area contributed by atoms with Crippen molar-refractivity contribution in [3.8, 4) is 33.1 Å². The molecule has 0 atom stereocenters. The molecule has 4 aromatic rings. The number of amides is 1. The fraction of sp³-hybridized carbons (Fsp3) is 0.0909. The molecule has 3 heterocycles. The van der Waals surface area contributed by atoms with Gasteiger partial charge in [0.25, 0.3) is 0 Å². The number of halogens is 1. The van der Waals surface area contributed by atoms with Crippen molar-refractivity contribution in [2.45, 2.75) is 6.92 Å². The SMILES string of the molecule is COc1cnc(Cl)cc1-c1cc(C)ncc1C(=O)Nc1nnc(-c2ccc(C#N)cc2)[se]1. The molecular formula is C22H15ClN6O2Se. The molecule has 0 spiro atoms. The van der Waals surface area contributed by atoms with E-state index in [1.807, 2.05) is 19.1 Å². The monoisotopic (exact) mass is 510 g/mol. The third kappa shape index (κ3) is 4.53. The molecule has 1 amide bonds. The molecule has 0 saturated heterocycles.